The van der Waals surface area contributed by atoms with Crippen molar-refractivity contribution >= 4 is 28.0 Å². The second-order valence-electron chi connectivity index (χ2n) is 7.43. The fourth-order valence-electron chi connectivity index (χ4n) is 3.38. The minimum atomic E-state index is 0.703. The van der Waals surface area contributed by atoms with Crippen molar-refractivity contribution in [3.8, 4) is 11.3 Å². The molecular formula is C26H26N4. The first kappa shape index (κ1) is 19.5. The average molecular weight is 395 g/mol. The third kappa shape index (κ3) is 4.13. The Morgan fingerprint density at radius 2 is 1.80 bits per heavy atom. The maximum Gasteiger partial charge on any atom is 0.140 e. The summed E-state index contributed by atoms with van der Waals surface area (Å²) in [7, 11) is 0. The van der Waals surface area contributed by atoms with Crippen LogP contribution in [0, 0.1) is 6.92 Å². The molecule has 150 valence electrons. The number of nitrogens with one attached hydrogen (secondary N) is 3. The van der Waals surface area contributed by atoms with E-state index >= 15 is 0 Å². The predicted molar refractivity (Wildman–Crippen MR) is 128 cm³/mol. The fraction of sp³-hybridized carbons (Fsp3) is 0.115. The van der Waals surface area contributed by atoms with Gasteiger partial charge in [0.25, 0.3) is 0 Å². The van der Waals surface area contributed by atoms with E-state index in [1.807, 2.05) is 24.4 Å². The lowest BCUT2D eigenvalue weighted by atomic mass is 10.0. The molecule has 0 saturated heterocycles. The summed E-state index contributed by atoms with van der Waals surface area (Å²) in [5.74, 6) is 0.703. The third-order valence-electron chi connectivity index (χ3n) is 5.16. The Labute approximate surface area is 177 Å². The number of anilines is 2. The molecule has 2 aromatic heterocycles. The van der Waals surface area contributed by atoms with Crippen LogP contribution in [0.25, 0.3) is 27.9 Å². The predicted octanol–water partition coefficient (Wildman–Crippen LogP) is 6.96. The molecule has 0 amide bonds. The summed E-state index contributed by atoms with van der Waals surface area (Å²) in [4.78, 5) is 8.08. The van der Waals surface area contributed by atoms with Crippen LogP contribution in [0.5, 0.6) is 0 Å². The molecule has 4 heteroatoms. The monoisotopic (exact) mass is 394 g/mol. The van der Waals surface area contributed by atoms with E-state index in [4.69, 9.17) is 4.98 Å². The molecule has 4 rings (SSSR count). The molecule has 2 aromatic carbocycles. The van der Waals surface area contributed by atoms with Gasteiger partial charge in [0.05, 0.1) is 11.4 Å². The minimum absolute atomic E-state index is 0.703. The van der Waals surface area contributed by atoms with Crippen molar-refractivity contribution in [2.75, 3.05) is 10.6 Å². The number of H-pyrrole nitrogens is 1. The number of nitrogens with zero attached hydrogens (tertiary/aromatic N) is 1. The zero-order valence-corrected chi connectivity index (χ0v) is 17.4. The topological polar surface area (TPSA) is 52.7 Å². The fourth-order valence-corrected chi connectivity index (χ4v) is 3.38. The van der Waals surface area contributed by atoms with Gasteiger partial charge >= 0.3 is 0 Å². The highest BCUT2D eigenvalue weighted by atomic mass is 15.1. The molecule has 0 aliphatic heterocycles. The first-order chi connectivity index (χ1) is 14.5. The molecule has 0 fully saturated rings. The number of pyridine rings is 1. The lowest BCUT2D eigenvalue weighted by molar-refractivity contribution is 1.24. The van der Waals surface area contributed by atoms with E-state index in [0.717, 1.165) is 51.2 Å². The average Bonchev–Trinajstić information content (AvgIpc) is 3.16. The molecule has 0 radical (unpaired) electrons. The SMILES string of the molecule is C=C(Nc1ccc(C)cc1)Nc1c[nH]c2nc(-c3cccc(C(=C)CC)c3)ccc12. The van der Waals surface area contributed by atoms with Crippen molar-refractivity contribution < 1.29 is 0 Å². The van der Waals surface area contributed by atoms with Crippen LogP contribution in [0.3, 0.4) is 0 Å². The lowest BCUT2D eigenvalue weighted by Crippen LogP contribution is -2.07. The molecule has 0 atom stereocenters. The smallest absolute Gasteiger partial charge is 0.140 e. The molecule has 0 aliphatic carbocycles. The quantitative estimate of drug-likeness (QED) is 0.318. The Morgan fingerprint density at radius 1 is 1.00 bits per heavy atom. The highest BCUT2D eigenvalue weighted by molar-refractivity contribution is 5.92. The summed E-state index contributed by atoms with van der Waals surface area (Å²) < 4.78 is 0. The van der Waals surface area contributed by atoms with Crippen LogP contribution in [0.15, 0.2) is 85.8 Å². The zero-order chi connectivity index (χ0) is 21.1. The number of aromatic nitrogens is 2. The van der Waals surface area contributed by atoms with Crippen LogP contribution in [0.2, 0.25) is 0 Å². The van der Waals surface area contributed by atoms with Gasteiger partial charge in [0.15, 0.2) is 0 Å². The van der Waals surface area contributed by atoms with Crippen LogP contribution < -0.4 is 10.6 Å². The van der Waals surface area contributed by atoms with Gasteiger partial charge in [-0.05, 0) is 54.8 Å². The molecule has 4 nitrogen and oxygen atoms in total. The number of benzene rings is 2. The number of fused-ring (bicyclic) bond motifs is 1. The van der Waals surface area contributed by atoms with Crippen molar-refractivity contribution in [2.45, 2.75) is 20.3 Å². The van der Waals surface area contributed by atoms with E-state index in [-0.39, 0.29) is 0 Å². The summed E-state index contributed by atoms with van der Waals surface area (Å²) in [6, 6.07) is 20.7. The highest BCUT2D eigenvalue weighted by Crippen LogP contribution is 2.28. The Balaban J connectivity index is 1.54. The van der Waals surface area contributed by atoms with Crippen LogP contribution >= 0.6 is 0 Å². The van der Waals surface area contributed by atoms with Gasteiger partial charge in [0.2, 0.25) is 0 Å². The highest BCUT2D eigenvalue weighted by Gasteiger charge is 2.09. The lowest BCUT2D eigenvalue weighted by Gasteiger charge is -2.12. The van der Waals surface area contributed by atoms with Gasteiger partial charge in [-0.25, -0.2) is 4.98 Å². The van der Waals surface area contributed by atoms with Crippen LogP contribution in [-0.2, 0) is 0 Å². The molecule has 0 saturated carbocycles. The van der Waals surface area contributed by atoms with Crippen LogP contribution in [0.1, 0.15) is 24.5 Å². The number of allylic oxidation sites excluding steroid dienone is 1. The second-order valence-corrected chi connectivity index (χ2v) is 7.43. The van der Waals surface area contributed by atoms with Gasteiger partial charge in [-0.1, -0.05) is 56.0 Å². The van der Waals surface area contributed by atoms with Gasteiger partial charge in [-0.3, -0.25) is 0 Å². The number of aromatic amines is 1. The minimum Gasteiger partial charge on any atom is -0.344 e. The van der Waals surface area contributed by atoms with Crippen molar-refractivity contribution in [3.63, 3.8) is 0 Å². The number of aryl methyl sites for hydroxylation is 1. The largest absolute Gasteiger partial charge is 0.344 e. The molecule has 4 aromatic rings. The molecular weight excluding hydrogens is 368 g/mol. The Bertz CT molecular complexity index is 1220. The molecule has 0 spiro atoms. The van der Waals surface area contributed by atoms with E-state index in [1.54, 1.807) is 0 Å². The molecule has 2 heterocycles. The standard InChI is InChI=1S/C26H26N4/c1-5-18(3)20-7-6-8-21(15-20)24-14-13-23-25(16-27-26(23)30-24)29-19(4)28-22-11-9-17(2)10-12-22/h6-16,28-29H,3-5H2,1-2H3,(H,27,30). The summed E-state index contributed by atoms with van der Waals surface area (Å²) in [5.41, 5.74) is 8.28. The Kier molecular flexibility index (Phi) is 5.40. The van der Waals surface area contributed by atoms with Crippen molar-refractivity contribution in [2.24, 2.45) is 0 Å². The number of hydrogen-bond donors (Lipinski definition) is 3. The first-order valence-corrected chi connectivity index (χ1v) is 10.1. The molecule has 0 bridgehead atoms. The number of hydrogen-bond acceptors (Lipinski definition) is 3. The molecule has 0 unspecified atom stereocenters. The van der Waals surface area contributed by atoms with Gasteiger partial charge in [0, 0.05) is 22.8 Å². The first-order valence-electron chi connectivity index (χ1n) is 10.1. The Hall–Kier alpha value is -3.79. The van der Waals surface area contributed by atoms with Gasteiger partial charge in [-0.2, -0.15) is 0 Å². The van der Waals surface area contributed by atoms with Gasteiger partial charge < -0.3 is 15.6 Å². The van der Waals surface area contributed by atoms with Gasteiger partial charge in [-0.15, -0.1) is 0 Å². The van der Waals surface area contributed by atoms with Crippen LogP contribution in [-0.4, -0.2) is 9.97 Å². The summed E-state index contributed by atoms with van der Waals surface area (Å²) in [6.07, 6.45) is 2.85. The van der Waals surface area contributed by atoms with E-state index in [0.29, 0.717) is 5.82 Å². The molecule has 0 aliphatic rings. The summed E-state index contributed by atoms with van der Waals surface area (Å²) >= 11 is 0. The van der Waals surface area contributed by atoms with E-state index in [9.17, 15) is 0 Å². The maximum atomic E-state index is 4.82. The van der Waals surface area contributed by atoms with Crippen LogP contribution in [0.4, 0.5) is 11.4 Å². The summed E-state index contributed by atoms with van der Waals surface area (Å²) in [5, 5.41) is 7.63. The molecule has 30 heavy (non-hydrogen) atoms. The zero-order valence-electron chi connectivity index (χ0n) is 17.4. The van der Waals surface area contributed by atoms with Crippen molar-refractivity contribution in [1.82, 2.24) is 9.97 Å². The van der Waals surface area contributed by atoms with Gasteiger partial charge in [0.1, 0.15) is 11.5 Å². The third-order valence-corrected chi connectivity index (χ3v) is 5.16. The normalized spacial score (nSPS) is 10.7. The van der Waals surface area contributed by atoms with E-state index in [1.165, 1.54) is 5.56 Å². The molecule has 3 N–H and O–H groups in total. The second kappa shape index (κ2) is 8.29. The van der Waals surface area contributed by atoms with E-state index in [2.05, 4.69) is 85.1 Å². The van der Waals surface area contributed by atoms with E-state index < -0.39 is 0 Å². The number of rotatable bonds is 7. The maximum absolute atomic E-state index is 4.82. The Morgan fingerprint density at radius 3 is 2.57 bits per heavy atom. The van der Waals surface area contributed by atoms with Crippen molar-refractivity contribution in [1.29, 1.82) is 0 Å². The van der Waals surface area contributed by atoms with Crippen molar-refractivity contribution in [3.05, 3.63) is 97.0 Å². The summed E-state index contributed by atoms with van der Waals surface area (Å²) in [6.45, 7) is 12.4.